The van der Waals surface area contributed by atoms with Crippen LogP contribution in [0.15, 0.2) is 18.2 Å². The molecule has 0 saturated carbocycles. The fourth-order valence-corrected chi connectivity index (χ4v) is 2.87. The Bertz CT molecular complexity index is 782. The van der Waals surface area contributed by atoms with Crippen molar-refractivity contribution >= 4 is 6.29 Å². The first kappa shape index (κ1) is 18.4. The van der Waals surface area contributed by atoms with Gasteiger partial charge in [-0.1, -0.05) is 6.07 Å². The SMILES string of the molecule is COc1c(C)c(Cc2ccc(C=O)c(O)c2)c(OC)c(OC)c1OC. The van der Waals surface area contributed by atoms with Crippen LogP contribution in [0, 0.1) is 6.92 Å². The normalized spacial score (nSPS) is 10.3. The number of phenolic OH excluding ortho intramolecular Hbond substituents is 1. The first-order chi connectivity index (χ1) is 12.0. The molecule has 2 rings (SSSR count). The second-order valence-electron chi connectivity index (χ2n) is 5.42. The molecule has 0 heterocycles. The first-order valence-corrected chi connectivity index (χ1v) is 7.64. The van der Waals surface area contributed by atoms with Crippen molar-refractivity contribution < 1.29 is 28.8 Å². The monoisotopic (exact) mass is 346 g/mol. The molecule has 0 bridgehead atoms. The number of phenols is 1. The van der Waals surface area contributed by atoms with Crippen LogP contribution < -0.4 is 18.9 Å². The number of hydrogen-bond donors (Lipinski definition) is 1. The van der Waals surface area contributed by atoms with Gasteiger partial charge in [0.1, 0.15) is 5.75 Å². The van der Waals surface area contributed by atoms with Crippen molar-refractivity contribution in [2.24, 2.45) is 0 Å². The highest BCUT2D eigenvalue weighted by Crippen LogP contribution is 2.49. The van der Waals surface area contributed by atoms with E-state index in [2.05, 4.69) is 0 Å². The van der Waals surface area contributed by atoms with Crippen LogP contribution >= 0.6 is 0 Å². The summed E-state index contributed by atoms with van der Waals surface area (Å²) in [5, 5.41) is 9.92. The Hall–Kier alpha value is -2.89. The van der Waals surface area contributed by atoms with Crippen LogP contribution in [0.2, 0.25) is 0 Å². The molecule has 6 heteroatoms. The molecule has 0 aliphatic heterocycles. The predicted molar refractivity (Wildman–Crippen MR) is 93.7 cm³/mol. The summed E-state index contributed by atoms with van der Waals surface area (Å²) in [4.78, 5) is 10.9. The van der Waals surface area contributed by atoms with Crippen LogP contribution in [0.3, 0.4) is 0 Å². The molecule has 0 fully saturated rings. The zero-order valence-electron chi connectivity index (χ0n) is 15.0. The molecule has 0 unspecified atom stereocenters. The highest BCUT2D eigenvalue weighted by atomic mass is 16.5. The third-order valence-corrected chi connectivity index (χ3v) is 4.11. The lowest BCUT2D eigenvalue weighted by atomic mass is 9.96. The number of ether oxygens (including phenoxy) is 4. The molecule has 0 atom stereocenters. The summed E-state index contributed by atoms with van der Waals surface area (Å²) in [6, 6.07) is 4.93. The van der Waals surface area contributed by atoms with Gasteiger partial charge in [-0.05, 0) is 24.6 Å². The van der Waals surface area contributed by atoms with E-state index < -0.39 is 0 Å². The van der Waals surface area contributed by atoms with Gasteiger partial charge in [-0.15, -0.1) is 0 Å². The molecule has 0 aliphatic rings. The largest absolute Gasteiger partial charge is 0.507 e. The van der Waals surface area contributed by atoms with Gasteiger partial charge in [-0.3, -0.25) is 4.79 Å². The van der Waals surface area contributed by atoms with Crippen molar-refractivity contribution in [3.63, 3.8) is 0 Å². The molecule has 0 saturated heterocycles. The van der Waals surface area contributed by atoms with Gasteiger partial charge in [0.05, 0.1) is 34.0 Å². The third kappa shape index (κ3) is 3.33. The number of carbonyl (C=O) groups is 1. The molecule has 0 radical (unpaired) electrons. The summed E-state index contributed by atoms with van der Waals surface area (Å²) in [7, 11) is 6.18. The highest BCUT2D eigenvalue weighted by molar-refractivity contribution is 5.79. The van der Waals surface area contributed by atoms with E-state index in [0.717, 1.165) is 16.7 Å². The predicted octanol–water partition coefficient (Wildman–Crippen LogP) is 3.14. The molecule has 0 aromatic heterocycles. The second kappa shape index (κ2) is 7.79. The quantitative estimate of drug-likeness (QED) is 0.777. The van der Waals surface area contributed by atoms with E-state index in [9.17, 15) is 9.90 Å². The number of methoxy groups -OCH3 is 4. The maximum absolute atomic E-state index is 10.9. The maximum atomic E-state index is 10.9. The number of benzene rings is 2. The minimum absolute atomic E-state index is 0.0587. The van der Waals surface area contributed by atoms with Gasteiger partial charge in [0.25, 0.3) is 0 Å². The van der Waals surface area contributed by atoms with Crippen molar-refractivity contribution in [2.75, 3.05) is 28.4 Å². The van der Waals surface area contributed by atoms with Gasteiger partial charge >= 0.3 is 0 Å². The minimum atomic E-state index is -0.0587. The molecular formula is C19H22O6. The van der Waals surface area contributed by atoms with Crippen LogP contribution in [-0.4, -0.2) is 39.8 Å². The Morgan fingerprint density at radius 3 is 1.96 bits per heavy atom. The van der Waals surface area contributed by atoms with Gasteiger partial charge in [0.2, 0.25) is 11.5 Å². The molecule has 0 amide bonds. The van der Waals surface area contributed by atoms with Crippen LogP contribution in [0.4, 0.5) is 0 Å². The van der Waals surface area contributed by atoms with Crippen molar-refractivity contribution in [3.8, 4) is 28.7 Å². The fraction of sp³-hybridized carbons (Fsp3) is 0.316. The van der Waals surface area contributed by atoms with Crippen molar-refractivity contribution in [1.82, 2.24) is 0 Å². The van der Waals surface area contributed by atoms with E-state index in [1.54, 1.807) is 32.4 Å². The Balaban J connectivity index is 2.63. The fourth-order valence-electron chi connectivity index (χ4n) is 2.87. The van der Waals surface area contributed by atoms with E-state index in [1.165, 1.54) is 14.2 Å². The molecule has 134 valence electrons. The molecule has 25 heavy (non-hydrogen) atoms. The molecule has 6 nitrogen and oxygen atoms in total. The van der Waals surface area contributed by atoms with E-state index in [1.807, 2.05) is 6.92 Å². The zero-order chi connectivity index (χ0) is 18.6. The zero-order valence-corrected chi connectivity index (χ0v) is 15.0. The van der Waals surface area contributed by atoms with Gasteiger partial charge in [0, 0.05) is 17.5 Å². The summed E-state index contributed by atoms with van der Waals surface area (Å²) >= 11 is 0. The Labute approximate surface area is 146 Å². The van der Waals surface area contributed by atoms with Gasteiger partial charge in [0.15, 0.2) is 17.8 Å². The molecule has 0 aliphatic carbocycles. The third-order valence-electron chi connectivity index (χ3n) is 4.11. The smallest absolute Gasteiger partial charge is 0.207 e. The summed E-state index contributed by atoms with van der Waals surface area (Å²) in [5.74, 6) is 1.94. The molecule has 0 spiro atoms. The van der Waals surface area contributed by atoms with Crippen molar-refractivity contribution in [2.45, 2.75) is 13.3 Å². The van der Waals surface area contributed by atoms with Crippen LogP contribution in [-0.2, 0) is 6.42 Å². The number of aldehydes is 1. The lowest BCUT2D eigenvalue weighted by molar-refractivity contribution is 0.112. The molecule has 1 N–H and O–H groups in total. The summed E-state index contributed by atoms with van der Waals surface area (Å²) in [6.45, 7) is 1.90. The summed E-state index contributed by atoms with van der Waals surface area (Å²) in [6.07, 6.45) is 1.07. The van der Waals surface area contributed by atoms with Gasteiger partial charge in [-0.2, -0.15) is 0 Å². The number of aromatic hydroxyl groups is 1. The molecular weight excluding hydrogens is 324 g/mol. The van der Waals surface area contributed by atoms with Crippen LogP contribution in [0.5, 0.6) is 28.7 Å². The van der Waals surface area contributed by atoms with Crippen molar-refractivity contribution in [1.29, 1.82) is 0 Å². The Kier molecular flexibility index (Phi) is 5.75. The van der Waals surface area contributed by atoms with E-state index in [4.69, 9.17) is 18.9 Å². The average Bonchev–Trinajstić information content (AvgIpc) is 2.62. The maximum Gasteiger partial charge on any atom is 0.207 e. The van der Waals surface area contributed by atoms with E-state index in [-0.39, 0.29) is 11.3 Å². The average molecular weight is 346 g/mol. The minimum Gasteiger partial charge on any atom is -0.507 e. The summed E-state index contributed by atoms with van der Waals surface area (Å²) in [5.41, 5.74) is 2.75. The molecule has 2 aromatic carbocycles. The lowest BCUT2D eigenvalue weighted by Gasteiger charge is -2.21. The van der Waals surface area contributed by atoms with Gasteiger partial charge < -0.3 is 24.1 Å². The topological polar surface area (TPSA) is 74.2 Å². The van der Waals surface area contributed by atoms with Crippen molar-refractivity contribution in [3.05, 3.63) is 40.5 Å². The second-order valence-corrected chi connectivity index (χ2v) is 5.42. The summed E-state index contributed by atoms with van der Waals surface area (Å²) < 4.78 is 21.9. The number of rotatable bonds is 7. The lowest BCUT2D eigenvalue weighted by Crippen LogP contribution is -2.05. The van der Waals surface area contributed by atoms with E-state index in [0.29, 0.717) is 35.7 Å². The van der Waals surface area contributed by atoms with Crippen LogP contribution in [0.25, 0.3) is 0 Å². The Morgan fingerprint density at radius 2 is 1.48 bits per heavy atom. The van der Waals surface area contributed by atoms with Gasteiger partial charge in [-0.25, -0.2) is 0 Å². The number of hydrogen-bond acceptors (Lipinski definition) is 6. The standard InChI is InChI=1S/C19H22O6/c1-11-14(8-12-6-7-13(10-20)15(21)9-12)17(23-3)19(25-5)18(24-4)16(11)22-2/h6-7,9-10,21H,8H2,1-5H3. The highest BCUT2D eigenvalue weighted by Gasteiger charge is 2.25. The molecule has 2 aromatic rings. The number of carbonyl (C=O) groups excluding carboxylic acids is 1. The Morgan fingerprint density at radius 1 is 0.920 bits per heavy atom. The van der Waals surface area contributed by atoms with E-state index >= 15 is 0 Å². The van der Waals surface area contributed by atoms with Crippen LogP contribution in [0.1, 0.15) is 27.0 Å². The first-order valence-electron chi connectivity index (χ1n) is 7.64.